The van der Waals surface area contributed by atoms with Crippen LogP contribution in [0, 0.1) is 0 Å². The average Bonchev–Trinajstić information content (AvgIpc) is 3.43. The highest BCUT2D eigenvalue weighted by molar-refractivity contribution is 7.99. The number of amides is 3. The van der Waals surface area contributed by atoms with Crippen LogP contribution in [0.1, 0.15) is 6.92 Å². The van der Waals surface area contributed by atoms with E-state index in [2.05, 4.69) is 10.6 Å². The number of thiophene rings is 2. The van der Waals surface area contributed by atoms with E-state index in [1.165, 1.54) is 15.9 Å². The molecule has 4 aromatic rings. The van der Waals surface area contributed by atoms with Crippen LogP contribution in [0.2, 0.25) is 0 Å². The second-order valence-electron chi connectivity index (χ2n) is 6.37. The first-order valence-electron chi connectivity index (χ1n) is 9.42. The van der Waals surface area contributed by atoms with Gasteiger partial charge in [0.1, 0.15) is 4.83 Å². The van der Waals surface area contributed by atoms with Crippen LogP contribution in [-0.2, 0) is 4.79 Å². The number of nitrogens with one attached hydrogen (secondary N) is 2. The lowest BCUT2D eigenvalue weighted by atomic mass is 10.2. The molecular weight excluding hydrogens is 452 g/mol. The third-order valence-corrected chi connectivity index (χ3v) is 7.01. The topological polar surface area (TPSA) is 93.1 Å². The number of nitrogens with zero attached hydrogens (tertiary/aromatic N) is 2. The van der Waals surface area contributed by atoms with Gasteiger partial charge in [0.2, 0.25) is 5.91 Å². The van der Waals surface area contributed by atoms with Gasteiger partial charge in [-0.15, -0.1) is 22.7 Å². The second-order valence-corrected chi connectivity index (χ2v) is 9.12. The molecule has 0 aliphatic heterocycles. The van der Waals surface area contributed by atoms with E-state index in [1.807, 2.05) is 53.2 Å². The summed E-state index contributed by atoms with van der Waals surface area (Å²) in [6, 6.07) is 12.6. The van der Waals surface area contributed by atoms with Crippen molar-refractivity contribution >= 4 is 56.6 Å². The van der Waals surface area contributed by atoms with Gasteiger partial charge in [-0.3, -0.25) is 19.5 Å². The summed E-state index contributed by atoms with van der Waals surface area (Å²) >= 11 is 4.08. The Morgan fingerprint density at radius 3 is 2.65 bits per heavy atom. The first-order chi connectivity index (χ1) is 15.1. The average molecular weight is 471 g/mol. The van der Waals surface area contributed by atoms with Gasteiger partial charge in [-0.05, 0) is 30.5 Å². The van der Waals surface area contributed by atoms with Crippen LogP contribution in [0.4, 0.5) is 4.79 Å². The second kappa shape index (κ2) is 9.46. The lowest BCUT2D eigenvalue weighted by Crippen LogP contribution is -2.40. The zero-order chi connectivity index (χ0) is 21.8. The van der Waals surface area contributed by atoms with E-state index in [4.69, 9.17) is 4.98 Å². The van der Waals surface area contributed by atoms with Gasteiger partial charge in [-0.25, -0.2) is 9.78 Å². The highest BCUT2D eigenvalue weighted by Gasteiger charge is 2.20. The van der Waals surface area contributed by atoms with E-state index < -0.39 is 11.9 Å². The van der Waals surface area contributed by atoms with E-state index in [-0.39, 0.29) is 11.3 Å². The Kier molecular flexibility index (Phi) is 6.50. The van der Waals surface area contributed by atoms with E-state index in [1.54, 1.807) is 18.3 Å². The fraction of sp³-hybridized carbons (Fsp3) is 0.143. The predicted octanol–water partition coefficient (Wildman–Crippen LogP) is 4.11. The van der Waals surface area contributed by atoms with Crippen molar-refractivity contribution in [3.05, 3.63) is 63.6 Å². The number of rotatable bonds is 6. The number of carbonyl (C=O) groups is 2. The lowest BCUT2D eigenvalue weighted by Gasteiger charge is -2.12. The quantitative estimate of drug-likeness (QED) is 0.327. The first-order valence-corrected chi connectivity index (χ1v) is 12.2. The molecule has 4 rings (SSSR count). The minimum absolute atomic E-state index is 0.0505. The molecular formula is C21H18N4O3S3. The maximum Gasteiger partial charge on any atom is 0.321 e. The number of fused-ring (bicyclic) bond motifs is 1. The monoisotopic (exact) mass is 470 g/mol. The molecule has 0 fully saturated rings. The number of hydrogen-bond acceptors (Lipinski definition) is 7. The number of hydrogen-bond donors (Lipinski definition) is 2. The summed E-state index contributed by atoms with van der Waals surface area (Å²) in [5.74, 6) is -0.513. The van der Waals surface area contributed by atoms with E-state index in [0.717, 1.165) is 22.2 Å². The van der Waals surface area contributed by atoms with Gasteiger partial charge >= 0.3 is 6.03 Å². The predicted molar refractivity (Wildman–Crippen MR) is 126 cm³/mol. The van der Waals surface area contributed by atoms with Crippen molar-refractivity contribution in [2.75, 3.05) is 12.3 Å². The summed E-state index contributed by atoms with van der Waals surface area (Å²) < 4.78 is 1.52. The minimum atomic E-state index is -0.546. The number of urea groups is 1. The minimum Gasteiger partial charge on any atom is -0.338 e. The SMILES string of the molecule is CCNC(=O)NC(=O)CSc1nc2scc(-c3cccs3)c2c(=O)n1-c1ccccc1. The van der Waals surface area contributed by atoms with Crippen LogP contribution < -0.4 is 16.2 Å². The van der Waals surface area contributed by atoms with Crippen molar-refractivity contribution in [2.45, 2.75) is 12.1 Å². The number of thioether (sulfide) groups is 1. The maximum atomic E-state index is 13.6. The molecule has 7 nitrogen and oxygen atoms in total. The summed E-state index contributed by atoms with van der Waals surface area (Å²) in [6.45, 7) is 2.19. The Balaban J connectivity index is 1.75. The molecule has 0 bridgehead atoms. The van der Waals surface area contributed by atoms with E-state index >= 15 is 0 Å². The van der Waals surface area contributed by atoms with Crippen LogP contribution in [0.25, 0.3) is 26.3 Å². The first kappa shape index (κ1) is 21.3. The van der Waals surface area contributed by atoms with Crippen molar-refractivity contribution in [1.29, 1.82) is 0 Å². The summed E-state index contributed by atoms with van der Waals surface area (Å²) in [5, 5.41) is 9.65. The Hall–Kier alpha value is -2.95. The van der Waals surface area contributed by atoms with E-state index in [0.29, 0.717) is 27.6 Å². The van der Waals surface area contributed by atoms with Crippen LogP contribution in [0.15, 0.2) is 63.2 Å². The zero-order valence-electron chi connectivity index (χ0n) is 16.5. The van der Waals surface area contributed by atoms with Gasteiger partial charge < -0.3 is 5.32 Å². The number of benzene rings is 1. The molecule has 0 spiro atoms. The standard InChI is InChI=1S/C21H18N4O3S3/c1-2-22-20(28)23-16(26)12-31-21-24-18-17(14(11-30-18)15-9-6-10-29-15)19(27)25(21)13-7-4-3-5-8-13/h3-11H,2,12H2,1H3,(H2,22,23,26,28). The molecule has 2 N–H and O–H groups in total. The van der Waals surface area contributed by atoms with Gasteiger partial charge in [0.05, 0.1) is 16.8 Å². The molecule has 0 aliphatic carbocycles. The van der Waals surface area contributed by atoms with Crippen LogP contribution >= 0.6 is 34.4 Å². The van der Waals surface area contributed by atoms with Gasteiger partial charge in [0.25, 0.3) is 5.56 Å². The summed E-state index contributed by atoms with van der Waals surface area (Å²) in [7, 11) is 0. The van der Waals surface area contributed by atoms with Crippen LogP contribution in [0.3, 0.4) is 0 Å². The lowest BCUT2D eigenvalue weighted by molar-refractivity contribution is -0.117. The van der Waals surface area contributed by atoms with Crippen molar-refractivity contribution in [3.63, 3.8) is 0 Å². The molecule has 3 aromatic heterocycles. The molecule has 31 heavy (non-hydrogen) atoms. The number of imide groups is 1. The summed E-state index contributed by atoms with van der Waals surface area (Å²) in [4.78, 5) is 43.6. The van der Waals surface area contributed by atoms with E-state index in [9.17, 15) is 14.4 Å². The van der Waals surface area contributed by atoms with Crippen LogP contribution in [-0.4, -0.2) is 33.8 Å². The third kappa shape index (κ3) is 4.55. The molecule has 0 saturated heterocycles. The maximum absolute atomic E-state index is 13.6. The summed E-state index contributed by atoms with van der Waals surface area (Å²) in [5.41, 5.74) is 1.34. The number of carbonyl (C=O) groups excluding carboxylic acids is 2. The summed E-state index contributed by atoms with van der Waals surface area (Å²) in [6.07, 6.45) is 0. The highest BCUT2D eigenvalue weighted by Crippen LogP contribution is 2.35. The molecule has 0 radical (unpaired) electrons. The molecule has 0 unspecified atom stereocenters. The van der Waals surface area contributed by atoms with Gasteiger partial charge in [-0.1, -0.05) is 36.0 Å². The van der Waals surface area contributed by atoms with Gasteiger partial charge in [-0.2, -0.15) is 0 Å². The Bertz CT molecular complexity index is 1280. The molecule has 158 valence electrons. The molecule has 1 aromatic carbocycles. The largest absolute Gasteiger partial charge is 0.338 e. The Morgan fingerprint density at radius 2 is 1.94 bits per heavy atom. The number of para-hydroxylation sites is 1. The Labute approximate surface area is 190 Å². The van der Waals surface area contributed by atoms with Crippen molar-refractivity contribution in [3.8, 4) is 16.1 Å². The van der Waals surface area contributed by atoms with Crippen molar-refractivity contribution in [2.24, 2.45) is 0 Å². The highest BCUT2D eigenvalue weighted by atomic mass is 32.2. The fourth-order valence-electron chi connectivity index (χ4n) is 2.98. The molecule has 0 saturated carbocycles. The Morgan fingerprint density at radius 1 is 1.13 bits per heavy atom. The molecule has 0 aliphatic rings. The van der Waals surface area contributed by atoms with Crippen molar-refractivity contribution < 1.29 is 9.59 Å². The molecule has 0 atom stereocenters. The van der Waals surface area contributed by atoms with Crippen molar-refractivity contribution in [1.82, 2.24) is 20.2 Å². The molecule has 3 amide bonds. The number of aromatic nitrogens is 2. The van der Waals surface area contributed by atoms with Gasteiger partial charge in [0, 0.05) is 22.4 Å². The molecule has 10 heteroatoms. The van der Waals surface area contributed by atoms with Crippen LogP contribution in [0.5, 0.6) is 0 Å². The normalized spacial score (nSPS) is 10.9. The van der Waals surface area contributed by atoms with Gasteiger partial charge in [0.15, 0.2) is 5.16 Å². The fourth-order valence-corrected chi connectivity index (χ4v) is 5.60. The third-order valence-electron chi connectivity index (χ3n) is 4.30. The molecule has 3 heterocycles. The smallest absolute Gasteiger partial charge is 0.321 e. The zero-order valence-corrected chi connectivity index (χ0v) is 18.9.